The van der Waals surface area contributed by atoms with E-state index in [1.54, 1.807) is 14.2 Å². The van der Waals surface area contributed by atoms with Gasteiger partial charge in [0.15, 0.2) is 5.96 Å². The van der Waals surface area contributed by atoms with Gasteiger partial charge in [-0.05, 0) is 38.8 Å². The molecule has 1 amide bonds. The van der Waals surface area contributed by atoms with E-state index in [4.69, 9.17) is 14.5 Å². The number of piperidine rings is 1. The van der Waals surface area contributed by atoms with E-state index >= 15 is 0 Å². The molecule has 0 saturated carbocycles. The minimum absolute atomic E-state index is 0. The van der Waals surface area contributed by atoms with Crippen molar-refractivity contribution in [3.8, 4) is 11.5 Å². The Morgan fingerprint density at radius 1 is 1.32 bits per heavy atom. The van der Waals surface area contributed by atoms with E-state index in [-0.39, 0.29) is 36.0 Å². The first kappa shape index (κ1) is 25.5. The Balaban J connectivity index is 0.00000341. The van der Waals surface area contributed by atoms with Crippen LogP contribution < -0.4 is 25.4 Å². The van der Waals surface area contributed by atoms with E-state index in [0.29, 0.717) is 19.1 Å². The van der Waals surface area contributed by atoms with Crippen LogP contribution in [0, 0.1) is 0 Å². The molecule has 0 spiro atoms. The van der Waals surface area contributed by atoms with Crippen LogP contribution in [0.15, 0.2) is 17.1 Å². The summed E-state index contributed by atoms with van der Waals surface area (Å²) >= 11 is 0. The molecule has 1 atom stereocenters. The predicted molar refractivity (Wildman–Crippen MR) is 134 cm³/mol. The summed E-state index contributed by atoms with van der Waals surface area (Å²) in [4.78, 5) is 18.6. The average molecular weight is 545 g/mol. The van der Waals surface area contributed by atoms with Crippen molar-refractivity contribution in [2.45, 2.75) is 51.8 Å². The Morgan fingerprint density at radius 2 is 2.06 bits per heavy atom. The number of benzene rings is 1. The second kappa shape index (κ2) is 12.3. The molecule has 0 aromatic heterocycles. The Labute approximate surface area is 202 Å². The number of hydrogen-bond acceptors (Lipinski definition) is 5. The van der Waals surface area contributed by atoms with E-state index in [0.717, 1.165) is 61.9 Å². The lowest BCUT2D eigenvalue weighted by atomic mass is 10.1. The van der Waals surface area contributed by atoms with Gasteiger partial charge in [-0.2, -0.15) is 0 Å². The van der Waals surface area contributed by atoms with Crippen molar-refractivity contribution in [2.24, 2.45) is 4.99 Å². The number of aliphatic imine (C=N–C) groups is 1. The molecule has 1 unspecified atom stereocenters. The summed E-state index contributed by atoms with van der Waals surface area (Å²) in [6.07, 6.45) is 3.08. The Kier molecular flexibility index (Phi) is 10.1. The highest BCUT2D eigenvalue weighted by Gasteiger charge is 2.23. The number of likely N-dealkylation sites (N-methyl/N-ethyl adjacent to an activating group) is 1. The quantitative estimate of drug-likeness (QED) is 0.276. The molecule has 0 bridgehead atoms. The van der Waals surface area contributed by atoms with Crippen LogP contribution in [0.4, 0.5) is 0 Å². The number of rotatable bonds is 7. The number of carbonyl (C=O) groups is 1. The van der Waals surface area contributed by atoms with Crippen LogP contribution in [0.2, 0.25) is 0 Å². The van der Waals surface area contributed by atoms with Crippen molar-refractivity contribution >= 4 is 35.8 Å². The highest BCUT2D eigenvalue weighted by molar-refractivity contribution is 14.0. The first-order valence-electron chi connectivity index (χ1n) is 10.9. The molecular weight excluding hydrogens is 509 g/mol. The largest absolute Gasteiger partial charge is 0.496 e. The lowest BCUT2D eigenvalue weighted by molar-refractivity contribution is -0.122. The SMILES string of the molecule is CCNC(=NCc1cc2c(cc1OC)CC(C)O2)NC1CCN(CC(=O)NC)CC1.I. The zero-order valence-electron chi connectivity index (χ0n) is 19.0. The average Bonchev–Trinajstić information content (AvgIpc) is 3.11. The lowest BCUT2D eigenvalue weighted by Gasteiger charge is -2.32. The molecule has 1 fully saturated rings. The van der Waals surface area contributed by atoms with Gasteiger partial charge in [-0.3, -0.25) is 9.69 Å². The van der Waals surface area contributed by atoms with Gasteiger partial charge in [0, 0.05) is 50.3 Å². The zero-order valence-corrected chi connectivity index (χ0v) is 21.3. The van der Waals surface area contributed by atoms with E-state index in [9.17, 15) is 4.79 Å². The summed E-state index contributed by atoms with van der Waals surface area (Å²) in [5.74, 6) is 2.67. The zero-order chi connectivity index (χ0) is 21.5. The summed E-state index contributed by atoms with van der Waals surface area (Å²) < 4.78 is 11.5. The second-order valence-electron chi connectivity index (χ2n) is 7.97. The van der Waals surface area contributed by atoms with Crippen LogP contribution in [-0.2, 0) is 17.8 Å². The molecule has 3 N–H and O–H groups in total. The van der Waals surface area contributed by atoms with Crippen LogP contribution in [-0.4, -0.2) is 69.2 Å². The van der Waals surface area contributed by atoms with Gasteiger partial charge in [-0.15, -0.1) is 24.0 Å². The fraction of sp³-hybridized carbons (Fsp3) is 0.636. The molecule has 1 saturated heterocycles. The number of halogens is 1. The number of nitrogens with zero attached hydrogens (tertiary/aromatic N) is 2. The molecule has 9 heteroatoms. The Bertz CT molecular complexity index is 766. The molecule has 2 aliphatic heterocycles. The molecule has 3 rings (SSSR count). The standard InChI is InChI=1S/C22H35N5O3.HI/c1-5-24-22(26-18-6-8-27(9-7-18)14-21(28)23-3)25-13-17-12-20-16(10-15(2)30-20)11-19(17)29-4;/h11-12,15,18H,5-10,13-14H2,1-4H3,(H,23,28)(H2,24,25,26);1H. The van der Waals surface area contributed by atoms with Crippen LogP contribution in [0.5, 0.6) is 11.5 Å². The van der Waals surface area contributed by atoms with Crippen molar-refractivity contribution in [1.29, 1.82) is 0 Å². The van der Waals surface area contributed by atoms with Gasteiger partial charge in [-0.25, -0.2) is 4.99 Å². The number of ether oxygens (including phenoxy) is 2. The number of nitrogens with one attached hydrogen (secondary N) is 3. The van der Waals surface area contributed by atoms with Gasteiger partial charge in [-0.1, -0.05) is 0 Å². The monoisotopic (exact) mass is 545 g/mol. The molecule has 0 radical (unpaired) electrons. The van der Waals surface area contributed by atoms with Crippen LogP contribution >= 0.6 is 24.0 Å². The van der Waals surface area contributed by atoms with E-state index in [1.165, 1.54) is 5.56 Å². The van der Waals surface area contributed by atoms with E-state index in [2.05, 4.69) is 46.8 Å². The van der Waals surface area contributed by atoms with Gasteiger partial charge in [0.05, 0.1) is 20.2 Å². The van der Waals surface area contributed by atoms with Crippen molar-refractivity contribution in [2.75, 3.05) is 40.3 Å². The Hall–Kier alpha value is -1.75. The molecule has 1 aromatic carbocycles. The molecule has 1 aromatic rings. The maximum atomic E-state index is 11.6. The predicted octanol–water partition coefficient (Wildman–Crippen LogP) is 1.90. The summed E-state index contributed by atoms with van der Waals surface area (Å²) in [5, 5.41) is 9.58. The van der Waals surface area contributed by atoms with Gasteiger partial charge in [0.2, 0.25) is 5.91 Å². The van der Waals surface area contributed by atoms with Crippen molar-refractivity contribution in [1.82, 2.24) is 20.9 Å². The third kappa shape index (κ3) is 7.13. The van der Waals surface area contributed by atoms with Crippen molar-refractivity contribution < 1.29 is 14.3 Å². The number of likely N-dealkylation sites (tertiary alicyclic amines) is 1. The molecular formula is C22H36IN5O3. The first-order valence-corrected chi connectivity index (χ1v) is 10.9. The normalized spacial score (nSPS) is 19.1. The lowest BCUT2D eigenvalue weighted by Crippen LogP contribution is -2.50. The molecule has 0 aliphatic carbocycles. The number of fused-ring (bicyclic) bond motifs is 1. The molecule has 2 heterocycles. The maximum Gasteiger partial charge on any atom is 0.233 e. The minimum atomic E-state index is 0. The Morgan fingerprint density at radius 3 is 2.71 bits per heavy atom. The van der Waals surface area contributed by atoms with E-state index < -0.39 is 0 Å². The maximum absolute atomic E-state index is 11.6. The molecule has 8 nitrogen and oxygen atoms in total. The highest BCUT2D eigenvalue weighted by atomic mass is 127. The summed E-state index contributed by atoms with van der Waals surface area (Å²) in [5.41, 5.74) is 2.21. The third-order valence-corrected chi connectivity index (χ3v) is 5.63. The third-order valence-electron chi connectivity index (χ3n) is 5.63. The fourth-order valence-electron chi connectivity index (χ4n) is 3.99. The van der Waals surface area contributed by atoms with Gasteiger partial charge < -0.3 is 25.4 Å². The number of methoxy groups -OCH3 is 1. The molecule has 31 heavy (non-hydrogen) atoms. The summed E-state index contributed by atoms with van der Waals surface area (Å²) in [6, 6.07) is 4.48. The second-order valence-corrected chi connectivity index (χ2v) is 7.97. The fourth-order valence-corrected chi connectivity index (χ4v) is 3.99. The number of guanidine groups is 1. The van der Waals surface area contributed by atoms with Crippen molar-refractivity contribution in [3.05, 3.63) is 23.3 Å². The summed E-state index contributed by atoms with van der Waals surface area (Å²) in [6.45, 7) is 7.72. The molecule has 2 aliphatic rings. The van der Waals surface area contributed by atoms with Gasteiger partial charge >= 0.3 is 0 Å². The van der Waals surface area contributed by atoms with Crippen LogP contribution in [0.1, 0.15) is 37.8 Å². The number of amides is 1. The van der Waals surface area contributed by atoms with Gasteiger partial charge in [0.25, 0.3) is 0 Å². The topological polar surface area (TPSA) is 87.2 Å². The van der Waals surface area contributed by atoms with E-state index in [1.807, 2.05) is 0 Å². The van der Waals surface area contributed by atoms with Crippen LogP contribution in [0.3, 0.4) is 0 Å². The van der Waals surface area contributed by atoms with Crippen LogP contribution in [0.25, 0.3) is 0 Å². The van der Waals surface area contributed by atoms with Gasteiger partial charge in [0.1, 0.15) is 17.6 Å². The summed E-state index contributed by atoms with van der Waals surface area (Å²) in [7, 11) is 3.38. The smallest absolute Gasteiger partial charge is 0.233 e. The van der Waals surface area contributed by atoms with Crippen molar-refractivity contribution in [3.63, 3.8) is 0 Å². The highest BCUT2D eigenvalue weighted by Crippen LogP contribution is 2.35. The number of carbonyl (C=O) groups excluding carboxylic acids is 1. The number of hydrogen-bond donors (Lipinski definition) is 3. The molecule has 174 valence electrons. The minimum Gasteiger partial charge on any atom is -0.496 e. The first-order chi connectivity index (χ1) is 14.5.